The Kier molecular flexibility index (Phi) is 3.56. The molecule has 1 heterocycles. The summed E-state index contributed by atoms with van der Waals surface area (Å²) in [6.07, 6.45) is 3.62. The Morgan fingerprint density at radius 2 is 1.95 bits per heavy atom. The Hall–Kier alpha value is -1.35. The Balaban J connectivity index is 1.39. The molecule has 1 aromatic rings. The summed E-state index contributed by atoms with van der Waals surface area (Å²) in [6, 6.07) is 8.41. The molecule has 1 saturated carbocycles. The maximum Gasteiger partial charge on any atom is 0.225 e. The molecule has 2 aliphatic rings. The van der Waals surface area contributed by atoms with Crippen LogP contribution in [0.4, 0.5) is 0 Å². The number of benzene rings is 1. The fourth-order valence-electron chi connectivity index (χ4n) is 2.54. The first-order valence-corrected chi connectivity index (χ1v) is 7.18. The molecule has 0 N–H and O–H groups in total. The van der Waals surface area contributed by atoms with E-state index in [1.165, 1.54) is 17.5 Å². The molecule has 1 aliphatic carbocycles. The van der Waals surface area contributed by atoms with Crippen LogP contribution in [0.2, 0.25) is 0 Å². The monoisotopic (exact) mass is 259 g/mol. The van der Waals surface area contributed by atoms with Gasteiger partial charge < -0.3 is 9.64 Å². The zero-order valence-corrected chi connectivity index (χ0v) is 11.5. The fraction of sp³-hybridized carbons (Fsp3) is 0.562. The number of amides is 1. The van der Waals surface area contributed by atoms with Crippen molar-refractivity contribution in [3.63, 3.8) is 0 Å². The van der Waals surface area contributed by atoms with E-state index in [1.54, 1.807) is 0 Å². The van der Waals surface area contributed by atoms with E-state index in [-0.39, 0.29) is 6.10 Å². The molecule has 1 aliphatic heterocycles. The van der Waals surface area contributed by atoms with E-state index in [4.69, 9.17) is 4.74 Å². The maximum atomic E-state index is 11.9. The van der Waals surface area contributed by atoms with Gasteiger partial charge in [0.1, 0.15) is 0 Å². The number of hydrogen-bond acceptors (Lipinski definition) is 2. The molecule has 0 atom stereocenters. The number of rotatable bonds is 4. The molecule has 102 valence electrons. The van der Waals surface area contributed by atoms with E-state index in [9.17, 15) is 4.79 Å². The third-order valence-electron chi connectivity index (χ3n) is 4.22. The van der Waals surface area contributed by atoms with Gasteiger partial charge >= 0.3 is 0 Å². The molecule has 0 aromatic heterocycles. The van der Waals surface area contributed by atoms with Crippen LogP contribution in [-0.2, 0) is 16.1 Å². The molecule has 0 radical (unpaired) electrons. The smallest absolute Gasteiger partial charge is 0.225 e. The first-order chi connectivity index (χ1) is 9.22. The quantitative estimate of drug-likeness (QED) is 0.831. The lowest BCUT2D eigenvalue weighted by atomic mass is 9.83. The Labute approximate surface area is 114 Å². The van der Waals surface area contributed by atoms with Gasteiger partial charge in [0.05, 0.1) is 12.7 Å². The fourth-order valence-corrected chi connectivity index (χ4v) is 2.54. The van der Waals surface area contributed by atoms with E-state index in [2.05, 4.69) is 31.2 Å². The normalized spacial score (nSPS) is 19.9. The third-order valence-corrected chi connectivity index (χ3v) is 4.22. The lowest BCUT2D eigenvalue weighted by Gasteiger charge is -2.42. The summed E-state index contributed by atoms with van der Waals surface area (Å²) in [5.41, 5.74) is 2.47. The van der Waals surface area contributed by atoms with E-state index < -0.39 is 0 Å². The van der Waals surface area contributed by atoms with Crippen LogP contribution in [0.5, 0.6) is 0 Å². The van der Waals surface area contributed by atoms with Crippen molar-refractivity contribution in [2.75, 3.05) is 13.1 Å². The van der Waals surface area contributed by atoms with E-state index >= 15 is 0 Å². The van der Waals surface area contributed by atoms with Gasteiger partial charge in [-0.3, -0.25) is 4.79 Å². The van der Waals surface area contributed by atoms with Crippen LogP contribution in [-0.4, -0.2) is 30.0 Å². The van der Waals surface area contributed by atoms with Crippen molar-refractivity contribution in [3.8, 4) is 0 Å². The molecular weight excluding hydrogens is 238 g/mol. The van der Waals surface area contributed by atoms with Gasteiger partial charge in [-0.1, -0.05) is 36.2 Å². The lowest BCUT2D eigenvalue weighted by molar-refractivity contribution is -0.152. The Bertz CT molecular complexity index is 444. The molecule has 1 saturated heterocycles. The van der Waals surface area contributed by atoms with Gasteiger partial charge in [0.2, 0.25) is 5.91 Å². The molecule has 0 bridgehead atoms. The molecule has 3 rings (SSSR count). The van der Waals surface area contributed by atoms with Gasteiger partial charge in [-0.25, -0.2) is 0 Å². The predicted octanol–water partition coefficient (Wildman–Crippen LogP) is 2.52. The highest BCUT2D eigenvalue weighted by molar-refractivity contribution is 5.80. The number of ether oxygens (including phenoxy) is 1. The molecule has 3 nitrogen and oxygen atoms in total. The molecule has 0 spiro atoms. The van der Waals surface area contributed by atoms with Gasteiger partial charge in [0.15, 0.2) is 0 Å². The van der Waals surface area contributed by atoms with Crippen LogP contribution < -0.4 is 0 Å². The second kappa shape index (κ2) is 5.33. The first-order valence-electron chi connectivity index (χ1n) is 7.18. The topological polar surface area (TPSA) is 29.5 Å². The zero-order chi connectivity index (χ0) is 13.2. The van der Waals surface area contributed by atoms with Crippen molar-refractivity contribution in [1.29, 1.82) is 0 Å². The van der Waals surface area contributed by atoms with E-state index in [1.807, 2.05) is 4.90 Å². The van der Waals surface area contributed by atoms with Gasteiger partial charge in [-0.2, -0.15) is 0 Å². The summed E-state index contributed by atoms with van der Waals surface area (Å²) >= 11 is 0. The van der Waals surface area contributed by atoms with Crippen LogP contribution in [0.25, 0.3) is 0 Å². The molecule has 1 amide bonds. The van der Waals surface area contributed by atoms with Gasteiger partial charge in [0, 0.05) is 19.0 Å². The second-order valence-electron chi connectivity index (χ2n) is 5.79. The first kappa shape index (κ1) is 12.7. The number of hydrogen-bond donors (Lipinski definition) is 0. The number of nitrogens with zero attached hydrogens (tertiary/aromatic N) is 1. The summed E-state index contributed by atoms with van der Waals surface area (Å²) in [6.45, 7) is 4.29. The Morgan fingerprint density at radius 1 is 1.26 bits per heavy atom. The van der Waals surface area contributed by atoms with Crippen molar-refractivity contribution in [2.24, 2.45) is 5.92 Å². The summed E-state index contributed by atoms with van der Waals surface area (Å²) < 4.78 is 5.82. The SMILES string of the molecule is Cc1ccc(COC2CN(C(=O)C3CCC3)C2)cc1. The largest absolute Gasteiger partial charge is 0.370 e. The van der Waals surface area contributed by atoms with Gasteiger partial charge in [0.25, 0.3) is 0 Å². The highest BCUT2D eigenvalue weighted by atomic mass is 16.5. The second-order valence-corrected chi connectivity index (χ2v) is 5.79. The minimum Gasteiger partial charge on any atom is -0.370 e. The minimum absolute atomic E-state index is 0.227. The average molecular weight is 259 g/mol. The van der Waals surface area contributed by atoms with E-state index in [0.717, 1.165) is 25.9 Å². The van der Waals surface area contributed by atoms with Crippen molar-refractivity contribution in [2.45, 2.75) is 38.9 Å². The van der Waals surface area contributed by atoms with Gasteiger partial charge in [-0.05, 0) is 25.3 Å². The molecule has 19 heavy (non-hydrogen) atoms. The van der Waals surface area contributed by atoms with Crippen LogP contribution in [0.3, 0.4) is 0 Å². The van der Waals surface area contributed by atoms with Crippen LogP contribution in [0.1, 0.15) is 30.4 Å². The van der Waals surface area contributed by atoms with Crippen molar-refractivity contribution >= 4 is 5.91 Å². The Morgan fingerprint density at radius 3 is 2.53 bits per heavy atom. The van der Waals surface area contributed by atoms with Crippen LogP contribution in [0.15, 0.2) is 24.3 Å². The summed E-state index contributed by atoms with van der Waals surface area (Å²) in [4.78, 5) is 13.9. The average Bonchev–Trinajstić information content (AvgIpc) is 2.27. The number of carbonyl (C=O) groups is 1. The minimum atomic E-state index is 0.227. The number of likely N-dealkylation sites (tertiary alicyclic amines) is 1. The predicted molar refractivity (Wildman–Crippen MR) is 73.7 cm³/mol. The maximum absolute atomic E-state index is 11.9. The zero-order valence-electron chi connectivity index (χ0n) is 11.5. The lowest BCUT2D eigenvalue weighted by Crippen LogP contribution is -2.56. The molecular formula is C16H21NO2. The van der Waals surface area contributed by atoms with Crippen molar-refractivity contribution in [1.82, 2.24) is 4.90 Å². The molecule has 2 fully saturated rings. The number of carbonyl (C=O) groups excluding carboxylic acids is 1. The van der Waals surface area contributed by atoms with Crippen molar-refractivity contribution in [3.05, 3.63) is 35.4 Å². The van der Waals surface area contributed by atoms with Crippen LogP contribution in [0, 0.1) is 12.8 Å². The highest BCUT2D eigenvalue weighted by Crippen LogP contribution is 2.30. The number of aryl methyl sites for hydroxylation is 1. The van der Waals surface area contributed by atoms with Gasteiger partial charge in [-0.15, -0.1) is 0 Å². The van der Waals surface area contributed by atoms with Crippen LogP contribution >= 0.6 is 0 Å². The third kappa shape index (κ3) is 2.81. The molecule has 0 unspecified atom stereocenters. The summed E-state index contributed by atoms with van der Waals surface area (Å²) in [7, 11) is 0. The van der Waals surface area contributed by atoms with E-state index in [0.29, 0.717) is 18.4 Å². The molecule has 3 heteroatoms. The highest BCUT2D eigenvalue weighted by Gasteiger charge is 2.36. The summed E-state index contributed by atoms with van der Waals surface area (Å²) in [5.74, 6) is 0.666. The molecule has 1 aromatic carbocycles. The van der Waals surface area contributed by atoms with Crippen molar-refractivity contribution < 1.29 is 9.53 Å². The summed E-state index contributed by atoms with van der Waals surface area (Å²) in [5, 5.41) is 0. The standard InChI is InChI=1S/C16H21NO2/c1-12-5-7-13(8-6-12)11-19-15-9-17(10-15)16(18)14-3-2-4-14/h5-8,14-15H,2-4,9-11H2,1H3.